The van der Waals surface area contributed by atoms with Gasteiger partial charge in [-0.25, -0.2) is 0 Å². The van der Waals surface area contributed by atoms with Crippen molar-refractivity contribution in [1.82, 2.24) is 5.32 Å². The quantitative estimate of drug-likeness (QED) is 0.813. The predicted molar refractivity (Wildman–Crippen MR) is 85.7 cm³/mol. The molecule has 1 aromatic heterocycles. The summed E-state index contributed by atoms with van der Waals surface area (Å²) in [7, 11) is 0. The fourth-order valence-corrected chi connectivity index (χ4v) is 4.10. The predicted octanol–water partition coefficient (Wildman–Crippen LogP) is 4.96. The molecule has 1 aliphatic rings. The molecule has 100 valence electrons. The van der Waals surface area contributed by atoms with Crippen LogP contribution in [0.2, 0.25) is 0 Å². The molecule has 1 saturated carbocycles. The molecule has 0 bridgehead atoms. The molecule has 19 heavy (non-hydrogen) atoms. The molecule has 0 spiro atoms. The van der Waals surface area contributed by atoms with Crippen molar-refractivity contribution in [3.05, 3.63) is 56.7 Å². The molecule has 3 atom stereocenters. The van der Waals surface area contributed by atoms with Gasteiger partial charge < -0.3 is 5.32 Å². The molecule has 1 heterocycles. The molecule has 0 saturated heterocycles. The van der Waals surface area contributed by atoms with E-state index in [1.165, 1.54) is 21.3 Å². The summed E-state index contributed by atoms with van der Waals surface area (Å²) in [5, 5.41) is 5.94. The van der Waals surface area contributed by atoms with Crippen molar-refractivity contribution in [3.8, 4) is 0 Å². The molecule has 1 N–H and O–H groups in total. The zero-order valence-corrected chi connectivity index (χ0v) is 13.4. The molecule has 2 aromatic rings. The second-order valence-corrected chi connectivity index (χ2v) is 7.43. The van der Waals surface area contributed by atoms with Crippen LogP contribution in [0.3, 0.4) is 0 Å². The number of nitrogens with one attached hydrogen (secondary N) is 1. The van der Waals surface area contributed by atoms with Crippen LogP contribution in [-0.2, 0) is 0 Å². The summed E-state index contributed by atoms with van der Waals surface area (Å²) in [4.78, 5) is 0. The Morgan fingerprint density at radius 3 is 2.79 bits per heavy atom. The maximum Gasteiger partial charge on any atom is 0.0701 e. The highest BCUT2D eigenvalue weighted by atomic mass is 79.9. The second kappa shape index (κ2) is 5.78. The maximum absolute atomic E-state index is 3.66. The monoisotopic (exact) mass is 335 g/mol. The number of hydrogen-bond acceptors (Lipinski definition) is 2. The van der Waals surface area contributed by atoms with E-state index in [9.17, 15) is 0 Å². The van der Waals surface area contributed by atoms with Gasteiger partial charge in [0.05, 0.1) is 3.79 Å². The van der Waals surface area contributed by atoms with Crippen LogP contribution in [0.15, 0.2) is 45.6 Å². The zero-order chi connectivity index (χ0) is 13.2. The fourth-order valence-electron chi connectivity index (χ4n) is 2.89. The van der Waals surface area contributed by atoms with E-state index in [2.05, 4.69) is 69.9 Å². The lowest BCUT2D eigenvalue weighted by Gasteiger charge is -2.17. The van der Waals surface area contributed by atoms with Crippen LogP contribution in [-0.4, -0.2) is 6.54 Å². The molecule has 0 aliphatic heterocycles. The van der Waals surface area contributed by atoms with Gasteiger partial charge in [-0.3, -0.25) is 0 Å². The topological polar surface area (TPSA) is 12.0 Å². The van der Waals surface area contributed by atoms with Crippen molar-refractivity contribution in [1.29, 1.82) is 0 Å². The number of hydrogen-bond donors (Lipinski definition) is 1. The smallest absolute Gasteiger partial charge is 0.0701 e. The van der Waals surface area contributed by atoms with Crippen molar-refractivity contribution in [2.75, 3.05) is 6.54 Å². The van der Waals surface area contributed by atoms with Gasteiger partial charge in [-0.2, -0.15) is 0 Å². The fraction of sp³-hybridized carbons (Fsp3) is 0.375. The molecule has 3 unspecified atom stereocenters. The SMILES string of the molecule is CCNC(c1csc(Br)c1)C1CC1c1ccccc1. The van der Waals surface area contributed by atoms with Gasteiger partial charge in [-0.15, -0.1) is 11.3 Å². The molecular weight excluding hydrogens is 318 g/mol. The lowest BCUT2D eigenvalue weighted by molar-refractivity contribution is 0.488. The van der Waals surface area contributed by atoms with Crippen LogP contribution in [0.4, 0.5) is 0 Å². The van der Waals surface area contributed by atoms with E-state index in [4.69, 9.17) is 0 Å². The number of thiophene rings is 1. The van der Waals surface area contributed by atoms with E-state index in [1.807, 2.05) is 0 Å². The normalized spacial score (nSPS) is 23.3. The van der Waals surface area contributed by atoms with Crippen molar-refractivity contribution in [2.24, 2.45) is 5.92 Å². The summed E-state index contributed by atoms with van der Waals surface area (Å²) in [6.45, 7) is 3.21. The minimum Gasteiger partial charge on any atom is -0.310 e. The van der Waals surface area contributed by atoms with Gasteiger partial charge in [0.15, 0.2) is 0 Å². The standard InChI is InChI=1S/C16H18BrNS/c1-2-18-16(12-8-15(17)19-10-12)14-9-13(14)11-6-4-3-5-7-11/h3-8,10,13-14,16,18H,2,9H2,1H3. The molecule has 1 aromatic carbocycles. The van der Waals surface area contributed by atoms with Crippen LogP contribution in [0.5, 0.6) is 0 Å². The first-order valence-electron chi connectivity index (χ1n) is 6.82. The minimum atomic E-state index is 0.498. The van der Waals surface area contributed by atoms with E-state index in [1.54, 1.807) is 11.3 Å². The van der Waals surface area contributed by atoms with Gasteiger partial charge in [0.2, 0.25) is 0 Å². The van der Waals surface area contributed by atoms with Crippen LogP contribution >= 0.6 is 27.3 Å². The average molecular weight is 336 g/mol. The highest BCUT2D eigenvalue weighted by Crippen LogP contribution is 2.54. The summed E-state index contributed by atoms with van der Waals surface area (Å²) in [5.74, 6) is 1.47. The Morgan fingerprint density at radius 1 is 1.37 bits per heavy atom. The number of rotatable bonds is 5. The van der Waals surface area contributed by atoms with E-state index in [0.29, 0.717) is 6.04 Å². The van der Waals surface area contributed by atoms with E-state index < -0.39 is 0 Å². The highest BCUT2D eigenvalue weighted by Gasteiger charge is 2.44. The number of halogens is 1. The Morgan fingerprint density at radius 2 is 2.16 bits per heavy atom. The maximum atomic E-state index is 3.66. The Balaban J connectivity index is 1.76. The summed E-state index contributed by atoms with van der Waals surface area (Å²) in [6.07, 6.45) is 1.30. The van der Waals surface area contributed by atoms with Crippen LogP contribution in [0.25, 0.3) is 0 Å². The Bertz CT molecular complexity index is 537. The molecule has 1 aliphatic carbocycles. The first-order valence-corrected chi connectivity index (χ1v) is 8.49. The average Bonchev–Trinajstić information content (AvgIpc) is 3.12. The van der Waals surface area contributed by atoms with Gasteiger partial charge in [0.25, 0.3) is 0 Å². The zero-order valence-electron chi connectivity index (χ0n) is 11.0. The van der Waals surface area contributed by atoms with Crippen molar-refractivity contribution >= 4 is 27.3 Å². The summed E-state index contributed by atoms with van der Waals surface area (Å²) in [5.41, 5.74) is 2.92. The van der Waals surface area contributed by atoms with Crippen LogP contribution < -0.4 is 5.32 Å². The first-order chi connectivity index (χ1) is 9.29. The highest BCUT2D eigenvalue weighted by molar-refractivity contribution is 9.11. The Kier molecular flexibility index (Phi) is 4.06. The van der Waals surface area contributed by atoms with E-state index >= 15 is 0 Å². The molecule has 3 heteroatoms. The Labute approximate surface area is 127 Å². The largest absolute Gasteiger partial charge is 0.310 e. The Hall–Kier alpha value is -0.640. The van der Waals surface area contributed by atoms with E-state index in [-0.39, 0.29) is 0 Å². The molecule has 0 radical (unpaired) electrons. The lowest BCUT2D eigenvalue weighted by atomic mass is 10.0. The summed E-state index contributed by atoms with van der Waals surface area (Å²) >= 11 is 5.35. The third-order valence-corrected chi connectivity index (χ3v) is 5.39. The summed E-state index contributed by atoms with van der Waals surface area (Å²) in [6, 6.07) is 13.7. The molecule has 1 fully saturated rings. The van der Waals surface area contributed by atoms with Gasteiger partial charge in [0, 0.05) is 6.04 Å². The van der Waals surface area contributed by atoms with Gasteiger partial charge in [0.1, 0.15) is 0 Å². The third kappa shape index (κ3) is 2.93. The number of benzene rings is 1. The van der Waals surface area contributed by atoms with Gasteiger partial charge in [-0.05, 0) is 63.3 Å². The van der Waals surface area contributed by atoms with Crippen LogP contribution in [0.1, 0.15) is 36.4 Å². The van der Waals surface area contributed by atoms with Crippen molar-refractivity contribution < 1.29 is 0 Å². The van der Waals surface area contributed by atoms with Crippen molar-refractivity contribution in [3.63, 3.8) is 0 Å². The van der Waals surface area contributed by atoms with E-state index in [0.717, 1.165) is 18.4 Å². The second-order valence-electron chi connectivity index (χ2n) is 5.14. The minimum absolute atomic E-state index is 0.498. The third-order valence-electron chi connectivity index (χ3n) is 3.87. The van der Waals surface area contributed by atoms with Crippen LogP contribution in [0, 0.1) is 5.92 Å². The van der Waals surface area contributed by atoms with Gasteiger partial charge >= 0.3 is 0 Å². The molecule has 3 rings (SSSR count). The van der Waals surface area contributed by atoms with Crippen molar-refractivity contribution in [2.45, 2.75) is 25.3 Å². The van der Waals surface area contributed by atoms with Gasteiger partial charge in [-0.1, -0.05) is 37.3 Å². The molecule has 0 amide bonds. The first kappa shape index (κ1) is 13.3. The molecular formula is C16H18BrNS. The summed E-state index contributed by atoms with van der Waals surface area (Å²) < 4.78 is 1.22. The lowest BCUT2D eigenvalue weighted by Crippen LogP contribution is -2.22. The molecule has 1 nitrogen and oxygen atoms in total.